The molecule has 1 N–H and O–H groups in total. The van der Waals surface area contributed by atoms with Gasteiger partial charge in [-0.25, -0.2) is 4.98 Å². The lowest BCUT2D eigenvalue weighted by Crippen LogP contribution is -2.28. The first-order chi connectivity index (χ1) is 13.9. The van der Waals surface area contributed by atoms with Gasteiger partial charge >= 0.3 is 0 Å². The number of carbonyl (C=O) groups is 1. The zero-order valence-electron chi connectivity index (χ0n) is 17.1. The Morgan fingerprint density at radius 1 is 1.10 bits per heavy atom. The highest BCUT2D eigenvalue weighted by Gasteiger charge is 2.19. The zero-order chi connectivity index (χ0) is 20.5. The maximum absolute atomic E-state index is 13.1. The lowest BCUT2D eigenvalue weighted by atomic mass is 10.0. The van der Waals surface area contributed by atoms with Crippen LogP contribution in [0, 0.1) is 20.8 Å². The molecule has 1 amide bonds. The molecule has 0 atom stereocenters. The molecular formula is C22H24N6O. The van der Waals surface area contributed by atoms with E-state index in [0.717, 1.165) is 28.0 Å². The highest BCUT2D eigenvalue weighted by atomic mass is 16.1. The number of pyridine rings is 1. The Hall–Kier alpha value is -3.48. The molecule has 4 aromatic rings. The summed E-state index contributed by atoms with van der Waals surface area (Å²) in [6, 6.07) is 11.9. The molecule has 29 heavy (non-hydrogen) atoms. The van der Waals surface area contributed by atoms with Gasteiger partial charge < -0.3 is 5.32 Å². The number of aryl methyl sites for hydroxylation is 4. The van der Waals surface area contributed by atoms with Crippen molar-refractivity contribution >= 4 is 16.9 Å². The quantitative estimate of drug-likeness (QED) is 0.570. The molecular weight excluding hydrogens is 364 g/mol. The van der Waals surface area contributed by atoms with Gasteiger partial charge in [0.05, 0.1) is 28.9 Å². The largest absolute Gasteiger partial charge is 0.350 e. The van der Waals surface area contributed by atoms with Gasteiger partial charge in [0, 0.05) is 31.0 Å². The number of rotatable bonds is 5. The maximum Gasteiger partial charge on any atom is 0.252 e. The van der Waals surface area contributed by atoms with E-state index in [1.165, 1.54) is 5.56 Å². The Bertz CT molecular complexity index is 1190. The molecule has 0 aliphatic heterocycles. The van der Waals surface area contributed by atoms with Crippen molar-refractivity contribution in [2.45, 2.75) is 27.3 Å². The van der Waals surface area contributed by atoms with Gasteiger partial charge in [0.1, 0.15) is 0 Å². The summed E-state index contributed by atoms with van der Waals surface area (Å²) in [5, 5.41) is 12.5. The molecule has 3 aromatic heterocycles. The summed E-state index contributed by atoms with van der Waals surface area (Å²) in [6.45, 7) is 7.05. The standard InChI is InChI=1S/C22H24N6O/c1-14-5-7-17(8-6-14)19-13-18(20-16(3)26-27(4)21(20)25-19)22(29)23-11-12-28-15(2)9-10-24-28/h5-10,13H,11-12H2,1-4H3,(H,23,29). The number of nitrogens with one attached hydrogen (secondary N) is 1. The van der Waals surface area contributed by atoms with Gasteiger partial charge in [-0.15, -0.1) is 0 Å². The molecule has 148 valence electrons. The van der Waals surface area contributed by atoms with Gasteiger partial charge in [-0.1, -0.05) is 29.8 Å². The van der Waals surface area contributed by atoms with Crippen LogP contribution < -0.4 is 5.32 Å². The van der Waals surface area contributed by atoms with E-state index >= 15 is 0 Å². The van der Waals surface area contributed by atoms with Crippen LogP contribution in [0.25, 0.3) is 22.3 Å². The Morgan fingerprint density at radius 2 is 1.86 bits per heavy atom. The fourth-order valence-electron chi connectivity index (χ4n) is 3.50. The summed E-state index contributed by atoms with van der Waals surface area (Å²) >= 11 is 0. The van der Waals surface area contributed by atoms with Gasteiger partial charge in [-0.3, -0.25) is 14.2 Å². The second-order valence-electron chi connectivity index (χ2n) is 7.28. The van der Waals surface area contributed by atoms with Crippen LogP contribution in [-0.2, 0) is 13.6 Å². The van der Waals surface area contributed by atoms with Gasteiger partial charge in [-0.2, -0.15) is 10.2 Å². The minimum atomic E-state index is -0.133. The van der Waals surface area contributed by atoms with Crippen LogP contribution >= 0.6 is 0 Å². The Morgan fingerprint density at radius 3 is 2.55 bits per heavy atom. The third-order valence-electron chi connectivity index (χ3n) is 5.10. The van der Waals surface area contributed by atoms with Gasteiger partial charge in [0.15, 0.2) is 5.65 Å². The summed E-state index contributed by atoms with van der Waals surface area (Å²) in [5.41, 5.74) is 6.06. The molecule has 0 saturated carbocycles. The summed E-state index contributed by atoms with van der Waals surface area (Å²) in [5.74, 6) is -0.133. The third-order valence-corrected chi connectivity index (χ3v) is 5.10. The molecule has 0 unspecified atom stereocenters. The molecule has 0 aliphatic carbocycles. The summed E-state index contributed by atoms with van der Waals surface area (Å²) in [6.07, 6.45) is 1.76. The van der Waals surface area contributed by atoms with Gasteiger partial charge in [-0.05, 0) is 32.9 Å². The SMILES string of the molecule is Cc1ccc(-c2cc(C(=O)NCCn3nccc3C)c3c(C)nn(C)c3n2)cc1. The molecule has 0 saturated heterocycles. The molecule has 0 radical (unpaired) electrons. The second-order valence-corrected chi connectivity index (χ2v) is 7.28. The van der Waals surface area contributed by atoms with Crippen LogP contribution in [0.5, 0.6) is 0 Å². The van der Waals surface area contributed by atoms with E-state index in [2.05, 4.69) is 15.5 Å². The number of amides is 1. The van der Waals surface area contributed by atoms with E-state index in [1.807, 2.05) is 68.9 Å². The van der Waals surface area contributed by atoms with E-state index in [1.54, 1.807) is 10.9 Å². The van der Waals surface area contributed by atoms with Crippen molar-refractivity contribution in [2.24, 2.45) is 7.05 Å². The number of fused-ring (bicyclic) bond motifs is 1. The monoisotopic (exact) mass is 388 g/mol. The second kappa shape index (κ2) is 7.50. The van der Waals surface area contributed by atoms with Crippen LogP contribution in [0.1, 0.15) is 27.3 Å². The first-order valence-electron chi connectivity index (χ1n) is 9.62. The predicted molar refractivity (Wildman–Crippen MR) is 113 cm³/mol. The first-order valence-corrected chi connectivity index (χ1v) is 9.62. The van der Waals surface area contributed by atoms with E-state index in [4.69, 9.17) is 4.98 Å². The van der Waals surface area contributed by atoms with Crippen LogP contribution in [0.2, 0.25) is 0 Å². The minimum Gasteiger partial charge on any atom is -0.350 e. The fourth-order valence-corrected chi connectivity index (χ4v) is 3.50. The number of benzene rings is 1. The number of aromatic nitrogens is 5. The Labute approximate surface area is 169 Å². The molecule has 0 spiro atoms. The number of hydrogen-bond acceptors (Lipinski definition) is 4. The first kappa shape index (κ1) is 18.9. The van der Waals surface area contributed by atoms with Crippen molar-refractivity contribution in [3.05, 3.63) is 65.1 Å². The highest BCUT2D eigenvalue weighted by Crippen LogP contribution is 2.27. The smallest absolute Gasteiger partial charge is 0.252 e. The van der Waals surface area contributed by atoms with Crippen molar-refractivity contribution in [1.82, 2.24) is 29.9 Å². The van der Waals surface area contributed by atoms with Crippen LogP contribution in [-0.4, -0.2) is 37.0 Å². The van der Waals surface area contributed by atoms with Crippen LogP contribution in [0.15, 0.2) is 42.6 Å². The summed E-state index contributed by atoms with van der Waals surface area (Å²) in [4.78, 5) is 17.8. The average molecular weight is 388 g/mol. The normalized spacial score (nSPS) is 11.2. The van der Waals surface area contributed by atoms with Crippen molar-refractivity contribution in [3.63, 3.8) is 0 Å². The lowest BCUT2D eigenvalue weighted by molar-refractivity contribution is 0.0953. The number of nitrogens with zero attached hydrogens (tertiary/aromatic N) is 5. The molecule has 7 heteroatoms. The van der Waals surface area contributed by atoms with Crippen molar-refractivity contribution in [2.75, 3.05) is 6.54 Å². The van der Waals surface area contributed by atoms with E-state index in [-0.39, 0.29) is 5.91 Å². The van der Waals surface area contributed by atoms with Gasteiger partial charge in [0.2, 0.25) is 0 Å². The highest BCUT2D eigenvalue weighted by molar-refractivity contribution is 6.07. The number of hydrogen-bond donors (Lipinski definition) is 1. The van der Waals surface area contributed by atoms with E-state index < -0.39 is 0 Å². The van der Waals surface area contributed by atoms with E-state index in [9.17, 15) is 4.79 Å². The van der Waals surface area contributed by atoms with Gasteiger partial charge in [0.25, 0.3) is 5.91 Å². The number of carbonyl (C=O) groups excluding carboxylic acids is 1. The Kier molecular flexibility index (Phi) is 4.88. The van der Waals surface area contributed by atoms with Crippen molar-refractivity contribution in [3.8, 4) is 11.3 Å². The van der Waals surface area contributed by atoms with Crippen LogP contribution in [0.4, 0.5) is 0 Å². The molecule has 4 rings (SSSR count). The molecule has 7 nitrogen and oxygen atoms in total. The third kappa shape index (κ3) is 3.63. The molecule has 0 bridgehead atoms. The average Bonchev–Trinajstić information content (AvgIpc) is 3.24. The molecule has 1 aromatic carbocycles. The maximum atomic E-state index is 13.1. The van der Waals surface area contributed by atoms with Crippen molar-refractivity contribution in [1.29, 1.82) is 0 Å². The lowest BCUT2D eigenvalue weighted by Gasteiger charge is -2.10. The molecule has 0 aliphatic rings. The van der Waals surface area contributed by atoms with Crippen LogP contribution in [0.3, 0.4) is 0 Å². The molecule has 0 fully saturated rings. The summed E-state index contributed by atoms with van der Waals surface area (Å²) < 4.78 is 3.60. The molecule has 3 heterocycles. The summed E-state index contributed by atoms with van der Waals surface area (Å²) in [7, 11) is 1.85. The predicted octanol–water partition coefficient (Wildman–Crippen LogP) is 3.19. The van der Waals surface area contributed by atoms with Crippen molar-refractivity contribution < 1.29 is 4.79 Å². The fraction of sp³-hybridized carbons (Fsp3) is 0.273. The topological polar surface area (TPSA) is 77.6 Å². The minimum absolute atomic E-state index is 0.133. The van der Waals surface area contributed by atoms with E-state index in [0.29, 0.717) is 24.3 Å². The Balaban J connectivity index is 1.68. The zero-order valence-corrected chi connectivity index (χ0v) is 17.1.